The van der Waals surface area contributed by atoms with Crippen LogP contribution in [0.25, 0.3) is 0 Å². The van der Waals surface area contributed by atoms with Crippen molar-refractivity contribution in [3.8, 4) is 5.75 Å². The number of benzene rings is 2. The second kappa shape index (κ2) is 11.6. The summed E-state index contributed by atoms with van der Waals surface area (Å²) in [5.74, 6) is -0.470. The minimum Gasteiger partial charge on any atom is -0.497 e. The molecule has 0 aliphatic carbocycles. The van der Waals surface area contributed by atoms with Crippen molar-refractivity contribution < 1.29 is 14.3 Å². The van der Waals surface area contributed by atoms with Crippen LogP contribution in [0.2, 0.25) is 0 Å². The lowest BCUT2D eigenvalue weighted by molar-refractivity contribution is -0.139. The summed E-state index contributed by atoms with van der Waals surface area (Å²) in [6, 6.07) is 14.1. The largest absolute Gasteiger partial charge is 0.497 e. The van der Waals surface area contributed by atoms with Crippen molar-refractivity contribution in [2.45, 2.75) is 25.4 Å². The standard InChI is InChI=1S/C27H37N5O3/c1-30-13-15-32(16-14-30)25(22-8-11-24-21(17-22)5-4-12-31(24)2)19-29-27(34)26(33)28-18-20-6-9-23(35-3)10-7-20/h6-11,17,25H,4-5,12-16,18-19H2,1-3H3,(H,28,33)(H,29,34)/t25-/m0/s1. The fourth-order valence-corrected chi connectivity index (χ4v) is 4.88. The SMILES string of the molecule is COc1ccc(CNC(=O)C(=O)NC[C@@H](c2ccc3c(c2)CCCN3C)N2CCN(C)CC2)cc1. The predicted octanol–water partition coefficient (Wildman–Crippen LogP) is 1.80. The average Bonchev–Trinajstić information content (AvgIpc) is 2.88. The molecule has 0 saturated carbocycles. The van der Waals surface area contributed by atoms with Crippen LogP contribution < -0.4 is 20.3 Å². The Bertz CT molecular complexity index is 1020. The molecular weight excluding hydrogens is 442 g/mol. The van der Waals surface area contributed by atoms with Crippen molar-refractivity contribution in [3.05, 3.63) is 59.2 Å². The van der Waals surface area contributed by atoms with E-state index in [1.54, 1.807) is 7.11 Å². The van der Waals surface area contributed by atoms with Gasteiger partial charge in [-0.3, -0.25) is 14.5 Å². The first-order chi connectivity index (χ1) is 16.9. The molecule has 1 fully saturated rings. The lowest BCUT2D eigenvalue weighted by atomic mass is 9.95. The van der Waals surface area contributed by atoms with Gasteiger partial charge in [-0.05, 0) is 54.8 Å². The van der Waals surface area contributed by atoms with E-state index in [1.165, 1.54) is 16.8 Å². The molecule has 35 heavy (non-hydrogen) atoms. The van der Waals surface area contributed by atoms with E-state index in [1.807, 2.05) is 24.3 Å². The van der Waals surface area contributed by atoms with Gasteiger partial charge in [0.25, 0.3) is 0 Å². The number of nitrogens with one attached hydrogen (secondary N) is 2. The summed E-state index contributed by atoms with van der Waals surface area (Å²) in [4.78, 5) is 32.1. The third-order valence-electron chi connectivity index (χ3n) is 7.09. The van der Waals surface area contributed by atoms with E-state index in [2.05, 4.69) is 57.6 Å². The second-order valence-electron chi connectivity index (χ2n) is 9.51. The molecule has 0 aromatic heterocycles. The van der Waals surface area contributed by atoms with Gasteiger partial charge in [-0.1, -0.05) is 24.3 Å². The number of aryl methyl sites for hydroxylation is 1. The Balaban J connectivity index is 1.40. The number of methoxy groups -OCH3 is 1. The smallest absolute Gasteiger partial charge is 0.309 e. The van der Waals surface area contributed by atoms with Gasteiger partial charge in [-0.25, -0.2) is 0 Å². The molecule has 2 aliphatic rings. The monoisotopic (exact) mass is 479 g/mol. The van der Waals surface area contributed by atoms with Crippen molar-refractivity contribution in [1.82, 2.24) is 20.4 Å². The van der Waals surface area contributed by atoms with Gasteiger partial charge in [0.15, 0.2) is 0 Å². The minimum absolute atomic E-state index is 0.0274. The van der Waals surface area contributed by atoms with Crippen molar-refractivity contribution in [2.75, 3.05) is 65.4 Å². The highest BCUT2D eigenvalue weighted by atomic mass is 16.5. The van der Waals surface area contributed by atoms with Crippen LogP contribution in [-0.4, -0.2) is 82.1 Å². The van der Waals surface area contributed by atoms with Crippen LogP contribution in [0, 0.1) is 0 Å². The number of hydrogen-bond donors (Lipinski definition) is 2. The predicted molar refractivity (Wildman–Crippen MR) is 138 cm³/mol. The van der Waals surface area contributed by atoms with E-state index in [4.69, 9.17) is 4.74 Å². The number of anilines is 1. The average molecular weight is 480 g/mol. The Morgan fingerprint density at radius 2 is 1.66 bits per heavy atom. The van der Waals surface area contributed by atoms with E-state index in [0.717, 1.165) is 56.9 Å². The van der Waals surface area contributed by atoms with Gasteiger partial charge in [0.1, 0.15) is 5.75 Å². The van der Waals surface area contributed by atoms with Gasteiger partial charge >= 0.3 is 11.8 Å². The molecule has 0 unspecified atom stereocenters. The van der Waals surface area contributed by atoms with Crippen LogP contribution in [0.15, 0.2) is 42.5 Å². The summed E-state index contributed by atoms with van der Waals surface area (Å²) in [5.41, 5.74) is 4.75. The molecule has 2 amide bonds. The number of piperazine rings is 1. The van der Waals surface area contributed by atoms with Crippen LogP contribution in [0.4, 0.5) is 5.69 Å². The van der Waals surface area contributed by atoms with Crippen LogP contribution in [0.1, 0.15) is 29.2 Å². The van der Waals surface area contributed by atoms with Crippen LogP contribution in [0.3, 0.4) is 0 Å². The molecule has 0 bridgehead atoms. The summed E-state index contributed by atoms with van der Waals surface area (Å²) in [5, 5.41) is 5.61. The molecule has 1 atom stereocenters. The highest BCUT2D eigenvalue weighted by Crippen LogP contribution is 2.31. The van der Waals surface area contributed by atoms with Gasteiger partial charge in [0, 0.05) is 58.5 Å². The van der Waals surface area contributed by atoms with E-state index in [-0.39, 0.29) is 12.6 Å². The second-order valence-corrected chi connectivity index (χ2v) is 9.51. The first kappa shape index (κ1) is 25.0. The summed E-state index contributed by atoms with van der Waals surface area (Å²) in [6.07, 6.45) is 2.22. The fourth-order valence-electron chi connectivity index (χ4n) is 4.88. The van der Waals surface area contributed by atoms with E-state index in [9.17, 15) is 9.59 Å². The maximum absolute atomic E-state index is 12.6. The molecule has 2 N–H and O–H groups in total. The Morgan fingerprint density at radius 1 is 0.943 bits per heavy atom. The minimum atomic E-state index is -0.620. The first-order valence-electron chi connectivity index (χ1n) is 12.4. The quantitative estimate of drug-likeness (QED) is 0.590. The Morgan fingerprint density at radius 3 is 2.37 bits per heavy atom. The maximum Gasteiger partial charge on any atom is 0.309 e. The molecule has 4 rings (SSSR count). The molecule has 0 spiro atoms. The zero-order valence-corrected chi connectivity index (χ0v) is 21.0. The molecule has 2 aromatic carbocycles. The lowest BCUT2D eigenvalue weighted by Crippen LogP contribution is -2.49. The van der Waals surface area contributed by atoms with Gasteiger partial charge in [-0.2, -0.15) is 0 Å². The van der Waals surface area contributed by atoms with E-state index < -0.39 is 11.8 Å². The van der Waals surface area contributed by atoms with Gasteiger partial charge in [0.2, 0.25) is 0 Å². The topological polar surface area (TPSA) is 77.1 Å². The summed E-state index contributed by atoms with van der Waals surface area (Å²) < 4.78 is 5.16. The highest BCUT2D eigenvalue weighted by Gasteiger charge is 2.27. The third-order valence-corrected chi connectivity index (χ3v) is 7.09. The third kappa shape index (κ3) is 6.32. The van der Waals surface area contributed by atoms with Gasteiger partial charge in [-0.15, -0.1) is 0 Å². The van der Waals surface area contributed by atoms with E-state index >= 15 is 0 Å². The first-order valence-corrected chi connectivity index (χ1v) is 12.4. The number of carbonyl (C=O) groups excluding carboxylic acids is 2. The van der Waals surface area contributed by atoms with Crippen molar-refractivity contribution >= 4 is 17.5 Å². The fraction of sp³-hybridized carbons (Fsp3) is 0.481. The molecule has 2 aromatic rings. The van der Waals surface area contributed by atoms with Crippen molar-refractivity contribution in [2.24, 2.45) is 0 Å². The number of ether oxygens (including phenoxy) is 1. The number of likely N-dealkylation sites (N-methyl/N-ethyl adjacent to an activating group) is 1. The molecule has 2 heterocycles. The molecule has 8 nitrogen and oxygen atoms in total. The zero-order chi connectivity index (χ0) is 24.8. The summed E-state index contributed by atoms with van der Waals surface area (Å²) in [7, 11) is 5.88. The Labute approximate surface area is 208 Å². The van der Waals surface area contributed by atoms with Gasteiger partial charge < -0.3 is 25.2 Å². The Hall–Kier alpha value is -3.10. The summed E-state index contributed by atoms with van der Waals surface area (Å²) in [6.45, 7) is 5.59. The highest BCUT2D eigenvalue weighted by molar-refractivity contribution is 6.35. The van der Waals surface area contributed by atoms with E-state index in [0.29, 0.717) is 6.54 Å². The summed E-state index contributed by atoms with van der Waals surface area (Å²) >= 11 is 0. The van der Waals surface area contributed by atoms with Gasteiger partial charge in [0.05, 0.1) is 13.2 Å². The van der Waals surface area contributed by atoms with Crippen molar-refractivity contribution in [1.29, 1.82) is 0 Å². The maximum atomic E-state index is 12.6. The number of amides is 2. The molecule has 8 heteroatoms. The molecule has 0 radical (unpaired) electrons. The van der Waals surface area contributed by atoms with Crippen molar-refractivity contribution in [3.63, 3.8) is 0 Å². The normalized spacial score (nSPS) is 17.4. The molecule has 1 saturated heterocycles. The number of nitrogens with zero attached hydrogens (tertiary/aromatic N) is 3. The lowest BCUT2D eigenvalue weighted by Gasteiger charge is -2.39. The van der Waals surface area contributed by atoms with Crippen LogP contribution >= 0.6 is 0 Å². The number of carbonyl (C=O) groups is 2. The number of hydrogen-bond acceptors (Lipinski definition) is 6. The van der Waals surface area contributed by atoms with Crippen LogP contribution in [0.5, 0.6) is 5.75 Å². The number of rotatable bonds is 7. The zero-order valence-electron chi connectivity index (χ0n) is 21.0. The molecule has 188 valence electrons. The Kier molecular flexibility index (Phi) is 8.25. The van der Waals surface area contributed by atoms with Crippen LogP contribution in [-0.2, 0) is 22.6 Å². The number of fused-ring (bicyclic) bond motifs is 1. The molecule has 2 aliphatic heterocycles. The molecular formula is C27H37N5O3.